The summed E-state index contributed by atoms with van der Waals surface area (Å²) in [5.74, 6) is 0.728. The summed E-state index contributed by atoms with van der Waals surface area (Å²) >= 11 is 6.21. The Hall–Kier alpha value is -2.42. The van der Waals surface area contributed by atoms with Crippen molar-refractivity contribution in [2.45, 2.75) is 76.5 Å². The molecule has 0 fully saturated rings. The number of amides is 1. The van der Waals surface area contributed by atoms with Gasteiger partial charge in [-0.3, -0.25) is 9.52 Å². The fourth-order valence-electron chi connectivity index (χ4n) is 7.20. The molecule has 6 rings (SSSR count). The van der Waals surface area contributed by atoms with Gasteiger partial charge in [-0.05, 0) is 93.9 Å². The molecule has 6 atom stereocenters. The predicted molar refractivity (Wildman–Crippen MR) is 174 cm³/mol. The molecular weight excluding hydrogens is 585 g/mol. The van der Waals surface area contributed by atoms with E-state index in [0.29, 0.717) is 54.3 Å². The monoisotopic (exact) mass is 629 g/mol. The minimum atomic E-state index is -1.49. The van der Waals surface area contributed by atoms with Crippen LogP contribution >= 0.6 is 11.6 Å². The van der Waals surface area contributed by atoms with Crippen LogP contribution < -0.4 is 14.4 Å². The molecule has 2 aromatic carbocycles. The van der Waals surface area contributed by atoms with Crippen molar-refractivity contribution in [1.29, 1.82) is 0 Å². The number of benzene rings is 2. The number of rotatable bonds is 5. The van der Waals surface area contributed by atoms with Crippen LogP contribution in [-0.4, -0.2) is 60.1 Å². The predicted octanol–water partition coefficient (Wildman–Crippen LogP) is 6.89. The summed E-state index contributed by atoms with van der Waals surface area (Å²) in [5, 5.41) is -0.0107. The van der Waals surface area contributed by atoms with E-state index in [1.807, 2.05) is 32.0 Å². The summed E-state index contributed by atoms with van der Waals surface area (Å²) in [4.78, 5) is 17.9. The number of nitrogens with zero attached hydrogens (tertiary/aromatic N) is 2. The lowest BCUT2D eigenvalue weighted by Crippen LogP contribution is -2.42. The Morgan fingerprint density at radius 1 is 1.21 bits per heavy atom. The molecule has 0 radical (unpaired) electrons. The fourth-order valence-corrected chi connectivity index (χ4v) is 8.30. The lowest BCUT2D eigenvalue weighted by molar-refractivity contribution is 0.0982. The first-order valence-corrected chi connectivity index (χ1v) is 17.3. The highest BCUT2D eigenvalue weighted by atomic mass is 35.5. The molecule has 0 saturated heterocycles. The molecule has 3 aliphatic heterocycles. The smallest absolute Gasteiger partial charge is 0.263 e. The van der Waals surface area contributed by atoms with Crippen LogP contribution in [-0.2, 0) is 17.4 Å². The Labute approximate surface area is 263 Å². The molecule has 2 aromatic rings. The lowest BCUT2D eigenvalue weighted by Gasteiger charge is -2.41. The average Bonchev–Trinajstić information content (AvgIpc) is 3.14. The van der Waals surface area contributed by atoms with Gasteiger partial charge < -0.3 is 14.5 Å². The highest BCUT2D eigenvalue weighted by molar-refractivity contribution is 7.84. The van der Waals surface area contributed by atoms with E-state index in [0.717, 1.165) is 49.9 Å². The van der Waals surface area contributed by atoms with Gasteiger partial charge in [0.15, 0.2) is 0 Å². The van der Waals surface area contributed by atoms with Gasteiger partial charge in [-0.15, -0.1) is 0 Å². The van der Waals surface area contributed by atoms with Crippen LogP contribution in [0.3, 0.4) is 0 Å². The second kappa shape index (κ2) is 13.7. The maximum absolute atomic E-state index is 15.3. The molecule has 0 saturated carbocycles. The third kappa shape index (κ3) is 6.81. The van der Waals surface area contributed by atoms with Gasteiger partial charge in [0.25, 0.3) is 5.91 Å². The van der Waals surface area contributed by atoms with Gasteiger partial charge in [0.1, 0.15) is 22.6 Å². The molecule has 4 aliphatic rings. The first kappa shape index (κ1) is 32.0. The summed E-state index contributed by atoms with van der Waals surface area (Å²) < 4.78 is 37.5. The maximum atomic E-state index is 15.3. The van der Waals surface area contributed by atoms with Gasteiger partial charge in [-0.2, -0.15) is 0 Å². The van der Waals surface area contributed by atoms with Crippen molar-refractivity contribution in [3.8, 4) is 5.75 Å². The first-order chi connectivity index (χ1) is 20.6. The minimum Gasteiger partial charge on any atom is -0.491 e. The number of fused-ring (bicyclic) bond motifs is 7. The number of allylic oxidation sites excluding steroid dienone is 1. The lowest BCUT2D eigenvalue weighted by atomic mass is 9.74. The van der Waals surface area contributed by atoms with Crippen LogP contribution in [0, 0.1) is 17.7 Å². The van der Waals surface area contributed by atoms with Gasteiger partial charge in [-0.25, -0.2) is 8.60 Å². The molecular formula is C34H45ClFN3O3S. The number of carbonyl (C=O) groups excluding carboxylic acids is 1. The van der Waals surface area contributed by atoms with E-state index in [1.165, 1.54) is 5.57 Å². The quantitative estimate of drug-likeness (QED) is 0.365. The third-order valence-corrected chi connectivity index (χ3v) is 11.0. The Kier molecular flexibility index (Phi) is 10.2. The fraction of sp³-hybridized carbons (Fsp3) is 0.559. The Morgan fingerprint density at radius 2 is 1.98 bits per heavy atom. The molecule has 5 unspecified atom stereocenters. The number of ether oxygens (including phenoxy) is 1. The summed E-state index contributed by atoms with van der Waals surface area (Å²) in [7, 11) is 2.83. The van der Waals surface area contributed by atoms with E-state index in [1.54, 1.807) is 12.1 Å². The molecule has 1 amide bonds. The number of anilines is 1. The Bertz CT molecular complexity index is 1400. The molecule has 4 bridgehead atoms. The second-order valence-electron chi connectivity index (χ2n) is 12.7. The van der Waals surface area contributed by atoms with E-state index < -0.39 is 11.0 Å². The maximum Gasteiger partial charge on any atom is 0.263 e. The van der Waals surface area contributed by atoms with Crippen LogP contribution in [0.1, 0.15) is 80.3 Å². The normalized spacial score (nSPS) is 28.0. The molecule has 1 N–H and O–H groups in total. The first-order valence-electron chi connectivity index (χ1n) is 15.7. The van der Waals surface area contributed by atoms with E-state index in [4.69, 9.17) is 16.3 Å². The summed E-state index contributed by atoms with van der Waals surface area (Å²) in [5.41, 5.74) is 4.33. The highest BCUT2D eigenvalue weighted by Crippen LogP contribution is 2.41. The molecule has 0 aromatic heterocycles. The standard InChI is InChI=1S/C34H45ClFN3O3S/c1-6-8-28-27(10-11-29(35)32(28)36)26-19-39-14-13-23(7-2)33(38(4)5)25-16-22(17-25)15-21(3)43(41)37-34(40)24-9-12-31(42-20-26)30(39)18-24/h9-12,16,18,21-23,26,33H,6-8,13-15,17,19-20H2,1-5H3,(H,37,40)/t21?,22-,23?,26?,33?,43?/m0/s1. The topological polar surface area (TPSA) is 61.9 Å². The third-order valence-electron chi connectivity index (χ3n) is 9.43. The van der Waals surface area contributed by atoms with E-state index in [-0.39, 0.29) is 27.9 Å². The van der Waals surface area contributed by atoms with Crippen molar-refractivity contribution in [1.82, 2.24) is 9.62 Å². The number of hydrogen-bond acceptors (Lipinski definition) is 5. The molecule has 0 spiro atoms. The zero-order valence-electron chi connectivity index (χ0n) is 26.0. The van der Waals surface area contributed by atoms with Crippen LogP contribution in [0.15, 0.2) is 42.0 Å². The van der Waals surface area contributed by atoms with Crippen molar-refractivity contribution >= 4 is 34.2 Å². The van der Waals surface area contributed by atoms with Crippen LogP contribution in [0.4, 0.5) is 10.1 Å². The minimum absolute atomic E-state index is 0.0863. The molecule has 6 nitrogen and oxygen atoms in total. The van der Waals surface area contributed by atoms with E-state index in [2.05, 4.69) is 41.6 Å². The summed E-state index contributed by atoms with van der Waals surface area (Å²) in [6, 6.07) is 9.37. The SMILES string of the molecule is CCCc1c(C2COc3ccc4cc3N(CCC(CC)C(N(C)C)C3=C[C@@H](C3)CC(C)S(=O)NC4=O)C2)ccc(Cl)c1F. The van der Waals surface area contributed by atoms with Gasteiger partial charge in [0.2, 0.25) is 0 Å². The number of halogens is 2. The van der Waals surface area contributed by atoms with Crippen molar-refractivity contribution in [2.75, 3.05) is 38.7 Å². The number of likely N-dealkylation sites (N-methyl/N-ethyl adjacent to an activating group) is 1. The molecule has 1 aliphatic carbocycles. The molecule has 234 valence electrons. The summed E-state index contributed by atoms with van der Waals surface area (Å²) in [6.45, 7) is 8.02. The van der Waals surface area contributed by atoms with Crippen molar-refractivity contribution < 1.29 is 18.1 Å². The van der Waals surface area contributed by atoms with Gasteiger partial charge in [-0.1, -0.05) is 56.0 Å². The molecule has 43 heavy (non-hydrogen) atoms. The largest absolute Gasteiger partial charge is 0.491 e. The van der Waals surface area contributed by atoms with Crippen molar-refractivity contribution in [2.24, 2.45) is 11.8 Å². The zero-order chi connectivity index (χ0) is 30.8. The second-order valence-corrected chi connectivity index (χ2v) is 14.7. The zero-order valence-corrected chi connectivity index (χ0v) is 27.6. The van der Waals surface area contributed by atoms with Crippen LogP contribution in [0.25, 0.3) is 0 Å². The highest BCUT2D eigenvalue weighted by Gasteiger charge is 2.35. The Morgan fingerprint density at radius 3 is 2.67 bits per heavy atom. The Balaban J connectivity index is 1.55. The average molecular weight is 630 g/mol. The summed E-state index contributed by atoms with van der Waals surface area (Å²) in [6.07, 6.45) is 7.56. The van der Waals surface area contributed by atoms with E-state index in [9.17, 15) is 9.00 Å². The van der Waals surface area contributed by atoms with Crippen molar-refractivity contribution in [3.63, 3.8) is 0 Å². The van der Waals surface area contributed by atoms with Gasteiger partial charge >= 0.3 is 0 Å². The van der Waals surface area contributed by atoms with Crippen LogP contribution in [0.2, 0.25) is 5.02 Å². The number of hydrogen-bond donors (Lipinski definition) is 1. The van der Waals surface area contributed by atoms with Gasteiger partial charge in [0.05, 0.1) is 22.6 Å². The van der Waals surface area contributed by atoms with Crippen molar-refractivity contribution in [3.05, 3.63) is 69.5 Å². The number of carbonyl (C=O) groups is 1. The van der Waals surface area contributed by atoms with Crippen LogP contribution in [0.5, 0.6) is 5.75 Å². The molecule has 9 heteroatoms. The molecule has 3 heterocycles. The van der Waals surface area contributed by atoms with E-state index >= 15 is 4.39 Å². The number of nitrogens with one attached hydrogen (secondary N) is 1. The van der Waals surface area contributed by atoms with Gasteiger partial charge in [0, 0.05) is 30.6 Å².